The first-order valence-electron chi connectivity index (χ1n) is 9.17. The highest BCUT2D eigenvalue weighted by Gasteiger charge is 2.19. The number of fused-ring (bicyclic) bond motifs is 1. The van der Waals surface area contributed by atoms with Crippen LogP contribution in [0.5, 0.6) is 11.5 Å². The molecule has 1 saturated heterocycles. The molecule has 0 unspecified atom stereocenters. The normalized spacial score (nSPS) is 16.7. The van der Waals surface area contributed by atoms with Crippen LogP contribution in [0.25, 0.3) is 6.08 Å². The van der Waals surface area contributed by atoms with E-state index in [2.05, 4.69) is 51.5 Å². The lowest BCUT2D eigenvalue weighted by molar-refractivity contribution is 0.174. The third kappa shape index (κ3) is 4.59. The first-order valence-corrected chi connectivity index (χ1v) is 9.58. The van der Waals surface area contributed by atoms with Crippen LogP contribution in [0, 0.1) is 0 Å². The van der Waals surface area contributed by atoms with Crippen molar-refractivity contribution >= 4 is 29.1 Å². The highest BCUT2D eigenvalue weighted by molar-refractivity contribution is 7.80. The highest BCUT2D eigenvalue weighted by Crippen LogP contribution is 2.34. The Balaban J connectivity index is 1.24. The van der Waals surface area contributed by atoms with Gasteiger partial charge in [0, 0.05) is 44.5 Å². The van der Waals surface area contributed by atoms with Crippen molar-refractivity contribution in [2.75, 3.05) is 44.8 Å². The van der Waals surface area contributed by atoms with Crippen LogP contribution in [0.2, 0.25) is 0 Å². The van der Waals surface area contributed by atoms with Gasteiger partial charge >= 0.3 is 0 Å². The van der Waals surface area contributed by atoms with Crippen molar-refractivity contribution in [1.82, 2.24) is 9.80 Å². The molecule has 5 nitrogen and oxygen atoms in total. The molecule has 0 amide bonds. The van der Waals surface area contributed by atoms with Gasteiger partial charge in [0.2, 0.25) is 6.79 Å². The zero-order chi connectivity index (χ0) is 18.5. The van der Waals surface area contributed by atoms with E-state index in [1.807, 2.05) is 24.3 Å². The summed E-state index contributed by atoms with van der Waals surface area (Å²) in [6, 6.07) is 16.2. The van der Waals surface area contributed by atoms with Crippen LogP contribution < -0.4 is 14.8 Å². The molecule has 0 spiro atoms. The number of ether oxygens (including phenoxy) is 2. The Morgan fingerprint density at radius 2 is 1.78 bits per heavy atom. The van der Waals surface area contributed by atoms with E-state index in [1.165, 1.54) is 5.56 Å². The maximum atomic E-state index is 5.58. The van der Waals surface area contributed by atoms with Gasteiger partial charge in [-0.05, 0) is 29.9 Å². The van der Waals surface area contributed by atoms with Crippen LogP contribution >= 0.6 is 12.2 Å². The van der Waals surface area contributed by atoms with E-state index in [9.17, 15) is 0 Å². The standard InChI is InChI=1S/C21H23N3O2S/c27-21(22-18-8-9-19-20(15-18)26-16-25-19)24-13-11-23(12-14-24)10-4-7-17-5-2-1-3-6-17/h1-9,15H,10-14,16H2,(H,22,27)/b7-4+. The molecule has 2 aromatic rings. The van der Waals surface area contributed by atoms with Gasteiger partial charge in [-0.25, -0.2) is 0 Å². The summed E-state index contributed by atoms with van der Waals surface area (Å²) in [6.45, 7) is 5.10. The molecule has 2 heterocycles. The summed E-state index contributed by atoms with van der Waals surface area (Å²) >= 11 is 5.58. The largest absolute Gasteiger partial charge is 0.454 e. The molecule has 6 heteroatoms. The molecule has 0 saturated carbocycles. The lowest BCUT2D eigenvalue weighted by Crippen LogP contribution is -2.49. The van der Waals surface area contributed by atoms with Gasteiger partial charge < -0.3 is 19.7 Å². The Kier molecular flexibility index (Phi) is 5.55. The summed E-state index contributed by atoms with van der Waals surface area (Å²) < 4.78 is 10.8. The smallest absolute Gasteiger partial charge is 0.231 e. The van der Waals surface area contributed by atoms with E-state index in [1.54, 1.807) is 0 Å². The third-order valence-electron chi connectivity index (χ3n) is 4.76. The lowest BCUT2D eigenvalue weighted by atomic mass is 10.2. The molecule has 0 atom stereocenters. The Morgan fingerprint density at radius 3 is 2.59 bits per heavy atom. The number of piperazine rings is 1. The van der Waals surface area contributed by atoms with Crippen molar-refractivity contribution in [2.45, 2.75) is 0 Å². The zero-order valence-corrected chi connectivity index (χ0v) is 16.0. The van der Waals surface area contributed by atoms with Crippen LogP contribution in [-0.4, -0.2) is 54.4 Å². The van der Waals surface area contributed by atoms with Gasteiger partial charge in [-0.2, -0.15) is 0 Å². The van der Waals surface area contributed by atoms with E-state index in [-0.39, 0.29) is 6.79 Å². The quantitative estimate of drug-likeness (QED) is 0.818. The van der Waals surface area contributed by atoms with Crippen LogP contribution in [0.15, 0.2) is 54.6 Å². The summed E-state index contributed by atoms with van der Waals surface area (Å²) in [7, 11) is 0. The molecule has 140 valence electrons. The molecule has 2 aromatic carbocycles. The van der Waals surface area contributed by atoms with Crippen molar-refractivity contribution in [3.05, 3.63) is 60.2 Å². The summed E-state index contributed by atoms with van der Waals surface area (Å²) in [4.78, 5) is 4.66. The number of hydrogen-bond acceptors (Lipinski definition) is 4. The monoisotopic (exact) mass is 381 g/mol. The fourth-order valence-electron chi connectivity index (χ4n) is 3.21. The molecule has 1 fully saturated rings. The van der Waals surface area contributed by atoms with Gasteiger partial charge in [-0.1, -0.05) is 42.5 Å². The molecule has 27 heavy (non-hydrogen) atoms. The van der Waals surface area contributed by atoms with E-state index >= 15 is 0 Å². The maximum absolute atomic E-state index is 5.58. The molecule has 4 rings (SSSR count). The summed E-state index contributed by atoms with van der Waals surface area (Å²) in [5, 5.41) is 4.07. The SMILES string of the molecule is S=C(Nc1ccc2c(c1)OCO2)N1CCN(C/C=C/c2ccccc2)CC1. The van der Waals surface area contributed by atoms with Crippen molar-refractivity contribution in [3.8, 4) is 11.5 Å². The van der Waals surface area contributed by atoms with Gasteiger partial charge in [0.15, 0.2) is 16.6 Å². The fraction of sp³-hybridized carbons (Fsp3) is 0.286. The molecule has 0 aromatic heterocycles. The number of thiocarbonyl (C=S) groups is 1. The molecule has 0 bridgehead atoms. The zero-order valence-electron chi connectivity index (χ0n) is 15.1. The topological polar surface area (TPSA) is 37.0 Å². The van der Waals surface area contributed by atoms with Crippen molar-refractivity contribution < 1.29 is 9.47 Å². The number of rotatable bonds is 4. The van der Waals surface area contributed by atoms with Crippen LogP contribution in [0.1, 0.15) is 5.56 Å². The number of benzene rings is 2. The summed E-state index contributed by atoms with van der Waals surface area (Å²) in [6.07, 6.45) is 4.41. The minimum atomic E-state index is 0.282. The number of anilines is 1. The van der Waals surface area contributed by atoms with Gasteiger partial charge in [0.05, 0.1) is 0 Å². The highest BCUT2D eigenvalue weighted by atomic mass is 32.1. The van der Waals surface area contributed by atoms with Gasteiger partial charge in [-0.15, -0.1) is 0 Å². The maximum Gasteiger partial charge on any atom is 0.231 e. The average molecular weight is 382 g/mol. The second-order valence-electron chi connectivity index (χ2n) is 6.60. The predicted molar refractivity (Wildman–Crippen MR) is 112 cm³/mol. The van der Waals surface area contributed by atoms with E-state index in [0.29, 0.717) is 0 Å². The molecule has 0 radical (unpaired) electrons. The minimum absolute atomic E-state index is 0.282. The second-order valence-corrected chi connectivity index (χ2v) is 6.99. The number of nitrogens with zero attached hydrogens (tertiary/aromatic N) is 2. The van der Waals surface area contributed by atoms with E-state index in [4.69, 9.17) is 21.7 Å². The summed E-state index contributed by atoms with van der Waals surface area (Å²) in [5.74, 6) is 1.54. The van der Waals surface area contributed by atoms with E-state index in [0.717, 1.165) is 55.0 Å². The van der Waals surface area contributed by atoms with Crippen LogP contribution in [-0.2, 0) is 0 Å². The first-order chi connectivity index (χ1) is 13.3. The fourth-order valence-corrected chi connectivity index (χ4v) is 3.51. The van der Waals surface area contributed by atoms with Gasteiger partial charge in [0.1, 0.15) is 0 Å². The molecule has 1 N–H and O–H groups in total. The predicted octanol–water partition coefficient (Wildman–Crippen LogP) is 3.44. The number of nitrogens with one attached hydrogen (secondary N) is 1. The Labute approximate surface area is 165 Å². The third-order valence-corrected chi connectivity index (χ3v) is 5.12. The minimum Gasteiger partial charge on any atom is -0.454 e. The first kappa shape index (κ1) is 17.8. The average Bonchev–Trinajstić information content (AvgIpc) is 3.17. The Hall–Kier alpha value is -2.57. The van der Waals surface area contributed by atoms with E-state index < -0.39 is 0 Å². The number of hydrogen-bond donors (Lipinski definition) is 1. The van der Waals surface area contributed by atoms with Crippen LogP contribution in [0.4, 0.5) is 5.69 Å². The molecule has 0 aliphatic carbocycles. The Bertz CT molecular complexity index is 817. The van der Waals surface area contributed by atoms with Gasteiger partial charge in [-0.3, -0.25) is 4.90 Å². The molecule has 2 aliphatic rings. The van der Waals surface area contributed by atoms with Crippen molar-refractivity contribution in [1.29, 1.82) is 0 Å². The molecular formula is C21H23N3O2S. The van der Waals surface area contributed by atoms with Crippen LogP contribution in [0.3, 0.4) is 0 Å². The summed E-state index contributed by atoms with van der Waals surface area (Å²) in [5.41, 5.74) is 2.17. The second kappa shape index (κ2) is 8.41. The molecule has 2 aliphatic heterocycles. The van der Waals surface area contributed by atoms with Crippen molar-refractivity contribution in [3.63, 3.8) is 0 Å². The Morgan fingerprint density at radius 1 is 1.00 bits per heavy atom. The molecular weight excluding hydrogens is 358 g/mol. The van der Waals surface area contributed by atoms with Gasteiger partial charge in [0.25, 0.3) is 0 Å². The lowest BCUT2D eigenvalue weighted by Gasteiger charge is -2.35. The van der Waals surface area contributed by atoms with Crippen molar-refractivity contribution in [2.24, 2.45) is 0 Å².